The first-order chi connectivity index (χ1) is 39.3. The number of carbonyl (C=O) groups is 3. The molecule has 3 atom stereocenters. The second-order valence-corrected chi connectivity index (χ2v) is 30.6. The van der Waals surface area contributed by atoms with E-state index in [9.17, 15) is 26.4 Å². The van der Waals surface area contributed by atoms with Gasteiger partial charge < -0.3 is 24.0 Å². The topological polar surface area (TPSA) is 185 Å². The van der Waals surface area contributed by atoms with E-state index in [1.165, 1.54) is 37.6 Å². The summed E-state index contributed by atoms with van der Waals surface area (Å²) in [6, 6.07) is 50.2. The van der Waals surface area contributed by atoms with Crippen molar-refractivity contribution in [1.29, 1.82) is 0 Å². The number of alkyl carbamates (subject to hydrolysis) is 1. The largest absolute Gasteiger partial charge is 0.496 e. The van der Waals surface area contributed by atoms with Crippen molar-refractivity contribution in [3.05, 3.63) is 210 Å². The Bertz CT molecular complexity index is 3770. The lowest BCUT2D eigenvalue weighted by Gasteiger charge is -2.43. The standard InChI is InChI=1S/C66H73N3O11S2Si/c1-11-78-63(71)59(68-81(73,74)51-33-27-45(2)28-34-51)41-50-43-69(82(75,76)52-35-29-46(3)30-36-52)60-42-49(31-37-55(50)60)56-40-48(32-38-61(56)77-10)57(62(70)58(39-47-21-15-12-16-22-47)67-64(72)80-65(4,5)6)44-79-83(66(7,8)9,53-23-17-13-18-24-53)54-25-19-14-20-26-54/h12-38,40,42-43,57-59,68H,11,39,41,44H2,1-10H3,(H,67,72)/t57-,58+,59+/m0/s1. The number of esters is 1. The van der Waals surface area contributed by atoms with Gasteiger partial charge in [-0.15, -0.1) is 0 Å². The van der Waals surface area contributed by atoms with Crippen LogP contribution in [0.15, 0.2) is 192 Å². The van der Waals surface area contributed by atoms with Crippen LogP contribution in [0.5, 0.6) is 5.75 Å². The van der Waals surface area contributed by atoms with Crippen LogP contribution in [-0.2, 0) is 56.4 Å². The van der Waals surface area contributed by atoms with Gasteiger partial charge in [0, 0.05) is 30.2 Å². The smallest absolute Gasteiger partial charge is 0.408 e. The van der Waals surface area contributed by atoms with Crippen LogP contribution in [0.2, 0.25) is 5.04 Å². The Hall–Kier alpha value is -7.67. The van der Waals surface area contributed by atoms with Crippen LogP contribution in [0.25, 0.3) is 22.0 Å². The minimum absolute atomic E-state index is 0.00848. The maximum Gasteiger partial charge on any atom is 0.408 e. The number of Topliss-reactive ketones (excluding diaryl/α,β-unsaturated/α-hetero) is 1. The van der Waals surface area contributed by atoms with Crippen molar-refractivity contribution in [1.82, 2.24) is 14.0 Å². The summed E-state index contributed by atoms with van der Waals surface area (Å²) < 4.78 is 86.1. The average Bonchev–Trinajstić information content (AvgIpc) is 3.36. The highest BCUT2D eigenvalue weighted by atomic mass is 32.2. The number of methoxy groups -OCH3 is 1. The lowest BCUT2D eigenvalue weighted by Crippen LogP contribution is -2.67. The number of ketones is 1. The summed E-state index contributed by atoms with van der Waals surface area (Å²) in [5, 5.41) is 4.87. The van der Waals surface area contributed by atoms with Gasteiger partial charge in [0.1, 0.15) is 17.4 Å². The summed E-state index contributed by atoms with van der Waals surface area (Å²) in [6.45, 7) is 16.9. The number of amides is 1. The Labute approximate surface area is 489 Å². The molecule has 0 aliphatic rings. The number of nitrogens with one attached hydrogen (secondary N) is 2. The predicted octanol–water partition coefficient (Wildman–Crippen LogP) is 11.0. The van der Waals surface area contributed by atoms with E-state index in [2.05, 4.69) is 55.1 Å². The van der Waals surface area contributed by atoms with E-state index in [1.807, 2.05) is 86.6 Å². The lowest BCUT2D eigenvalue weighted by molar-refractivity contribution is -0.145. The number of sulfonamides is 1. The Kier molecular flexibility index (Phi) is 18.8. The molecule has 0 aliphatic carbocycles. The SMILES string of the molecule is CCOC(=O)[C@@H](Cc1cn(S(=O)(=O)c2ccc(C)cc2)c2cc(-c3cc([C@H](CO[Si](c4ccccc4)(c4ccccc4)C(C)(C)C)C(=O)[C@@H](Cc4ccccc4)NC(=O)OC(C)(C)C)ccc3OC)ccc12)NS(=O)(=O)c1ccc(C)cc1. The van der Waals surface area contributed by atoms with Crippen LogP contribution in [0.1, 0.15) is 82.2 Å². The molecule has 0 saturated carbocycles. The van der Waals surface area contributed by atoms with E-state index < -0.39 is 69.1 Å². The van der Waals surface area contributed by atoms with E-state index in [-0.39, 0.29) is 47.1 Å². The molecule has 1 amide bonds. The van der Waals surface area contributed by atoms with Crippen molar-refractivity contribution in [2.75, 3.05) is 20.3 Å². The van der Waals surface area contributed by atoms with Gasteiger partial charge in [0.05, 0.1) is 41.0 Å². The van der Waals surface area contributed by atoms with E-state index in [0.717, 1.165) is 31.0 Å². The first-order valence-corrected chi connectivity index (χ1v) is 32.4. The number of hydrogen-bond acceptors (Lipinski definition) is 11. The zero-order valence-corrected chi connectivity index (χ0v) is 51.3. The first kappa shape index (κ1) is 61.4. The van der Waals surface area contributed by atoms with Gasteiger partial charge in [0.25, 0.3) is 18.3 Å². The van der Waals surface area contributed by atoms with Crippen molar-refractivity contribution < 1.29 is 49.9 Å². The Morgan fingerprint density at radius 3 is 1.76 bits per heavy atom. The van der Waals surface area contributed by atoms with Crippen LogP contribution in [0.4, 0.5) is 4.79 Å². The van der Waals surface area contributed by atoms with E-state index >= 15 is 4.79 Å². The lowest BCUT2D eigenvalue weighted by atomic mass is 9.87. The van der Waals surface area contributed by atoms with Gasteiger partial charge in [-0.1, -0.05) is 165 Å². The molecule has 434 valence electrons. The van der Waals surface area contributed by atoms with Gasteiger partial charge in [-0.25, -0.2) is 25.6 Å². The van der Waals surface area contributed by atoms with Crippen LogP contribution in [-0.4, -0.2) is 85.0 Å². The summed E-state index contributed by atoms with van der Waals surface area (Å²) in [4.78, 5) is 43.4. The molecule has 0 fully saturated rings. The average molecular weight is 1180 g/mol. The number of carbonyl (C=O) groups excluding carboxylic acids is 3. The maximum absolute atomic E-state index is 15.9. The van der Waals surface area contributed by atoms with Gasteiger partial charge in [0.15, 0.2) is 5.78 Å². The summed E-state index contributed by atoms with van der Waals surface area (Å²) in [5.41, 5.74) is 3.67. The fourth-order valence-corrected chi connectivity index (χ4v) is 17.6. The molecule has 0 radical (unpaired) electrons. The van der Waals surface area contributed by atoms with Crippen molar-refractivity contribution in [3.8, 4) is 16.9 Å². The molecule has 0 aliphatic heterocycles. The highest BCUT2D eigenvalue weighted by Gasteiger charge is 2.51. The van der Waals surface area contributed by atoms with Gasteiger partial charge in [-0.2, -0.15) is 4.72 Å². The summed E-state index contributed by atoms with van der Waals surface area (Å²) in [7, 11) is -10.4. The molecule has 83 heavy (non-hydrogen) atoms. The van der Waals surface area contributed by atoms with Gasteiger partial charge in [0.2, 0.25) is 10.0 Å². The monoisotopic (exact) mass is 1180 g/mol. The molecule has 14 nitrogen and oxygen atoms in total. The van der Waals surface area contributed by atoms with Crippen molar-refractivity contribution in [3.63, 3.8) is 0 Å². The number of aryl methyl sites for hydroxylation is 2. The molecule has 8 aromatic rings. The number of hydrogen-bond donors (Lipinski definition) is 2. The van der Waals surface area contributed by atoms with Crippen molar-refractivity contribution >= 4 is 67.5 Å². The third-order valence-corrected chi connectivity index (χ3v) is 22.7. The molecule has 0 unspecified atom stereocenters. The van der Waals surface area contributed by atoms with Crippen LogP contribution in [0, 0.1) is 13.8 Å². The maximum atomic E-state index is 15.9. The van der Waals surface area contributed by atoms with Gasteiger partial charge >= 0.3 is 12.1 Å². The molecule has 0 saturated heterocycles. The number of rotatable bonds is 22. The second kappa shape index (κ2) is 25.4. The third-order valence-electron chi connectivity index (χ3n) is 14.5. The molecular formula is C66H73N3O11S2Si. The van der Waals surface area contributed by atoms with E-state index in [1.54, 1.807) is 82.3 Å². The number of fused-ring (bicyclic) bond motifs is 1. The van der Waals surface area contributed by atoms with E-state index in [0.29, 0.717) is 33.4 Å². The van der Waals surface area contributed by atoms with Crippen LogP contribution >= 0.6 is 0 Å². The Morgan fingerprint density at radius 1 is 0.651 bits per heavy atom. The molecular weight excluding hydrogens is 1100 g/mol. The molecule has 0 spiro atoms. The minimum atomic E-state index is -4.37. The predicted molar refractivity (Wildman–Crippen MR) is 328 cm³/mol. The normalized spacial score (nSPS) is 13.4. The molecule has 2 N–H and O–H groups in total. The summed E-state index contributed by atoms with van der Waals surface area (Å²) in [6.07, 6.45) is 0.492. The fraction of sp³-hybridized carbons (Fsp3) is 0.288. The van der Waals surface area contributed by atoms with E-state index in [4.69, 9.17) is 18.6 Å². The number of ether oxygens (including phenoxy) is 3. The zero-order chi connectivity index (χ0) is 59.9. The van der Waals surface area contributed by atoms with Gasteiger partial charge in [-0.05, 0) is 128 Å². The summed E-state index contributed by atoms with van der Waals surface area (Å²) in [5.74, 6) is -1.83. The number of aromatic nitrogens is 1. The van der Waals surface area contributed by atoms with Crippen LogP contribution < -0.4 is 25.1 Å². The number of nitrogens with zero attached hydrogens (tertiary/aromatic N) is 1. The zero-order valence-electron chi connectivity index (χ0n) is 48.6. The fourth-order valence-electron chi connectivity index (χ4n) is 10.5. The van der Waals surface area contributed by atoms with Crippen molar-refractivity contribution in [2.45, 2.75) is 114 Å². The minimum Gasteiger partial charge on any atom is -0.496 e. The highest BCUT2D eigenvalue weighted by molar-refractivity contribution is 7.90. The first-order valence-electron chi connectivity index (χ1n) is 27.6. The highest BCUT2D eigenvalue weighted by Crippen LogP contribution is 2.41. The summed E-state index contributed by atoms with van der Waals surface area (Å²) >= 11 is 0. The molecule has 1 heterocycles. The Balaban J connectivity index is 1.31. The Morgan fingerprint density at radius 2 is 1.22 bits per heavy atom. The molecule has 17 heteroatoms. The quantitative estimate of drug-likeness (QED) is 0.0486. The van der Waals surface area contributed by atoms with Crippen LogP contribution in [0.3, 0.4) is 0 Å². The van der Waals surface area contributed by atoms with Crippen molar-refractivity contribution in [2.24, 2.45) is 0 Å². The molecule has 0 bridgehead atoms. The second-order valence-electron chi connectivity index (χ2n) is 22.7. The van der Waals surface area contributed by atoms with Gasteiger partial charge in [-0.3, -0.25) is 9.59 Å². The number of benzene rings is 7. The third kappa shape index (κ3) is 14.1. The molecule has 7 aromatic carbocycles. The molecule has 8 rings (SSSR count). The molecule has 1 aromatic heterocycles.